The van der Waals surface area contributed by atoms with E-state index in [9.17, 15) is 0 Å². The zero-order chi connectivity index (χ0) is 8.55. The Labute approximate surface area is 77.3 Å². The molecule has 1 aliphatic rings. The molecule has 3 heteroatoms. The van der Waals surface area contributed by atoms with E-state index < -0.39 is 0 Å². The molecule has 0 aliphatic heterocycles. The molecule has 0 amide bonds. The fraction of sp³-hybridized carbons (Fsp3) is 0.667. The summed E-state index contributed by atoms with van der Waals surface area (Å²) in [6, 6.07) is 0. The van der Waals surface area contributed by atoms with Crippen molar-refractivity contribution in [1.82, 2.24) is 10.2 Å². The zero-order valence-corrected chi connectivity index (χ0v) is 7.99. The van der Waals surface area contributed by atoms with Gasteiger partial charge in [0.2, 0.25) is 0 Å². The maximum atomic E-state index is 5.84. The van der Waals surface area contributed by atoms with Crippen LogP contribution in [0.4, 0.5) is 0 Å². The van der Waals surface area contributed by atoms with Crippen LogP contribution in [0.3, 0.4) is 0 Å². The highest BCUT2D eigenvalue weighted by atomic mass is 35.5. The van der Waals surface area contributed by atoms with Gasteiger partial charge in [-0.1, -0.05) is 6.42 Å². The van der Waals surface area contributed by atoms with Crippen LogP contribution in [0.5, 0.6) is 0 Å². The van der Waals surface area contributed by atoms with Crippen LogP contribution >= 0.6 is 11.6 Å². The number of hydrogen-bond acceptors (Lipinski definition) is 1. The van der Waals surface area contributed by atoms with Crippen molar-refractivity contribution in [2.24, 2.45) is 0 Å². The quantitative estimate of drug-likeness (QED) is 0.704. The van der Waals surface area contributed by atoms with Gasteiger partial charge >= 0.3 is 0 Å². The summed E-state index contributed by atoms with van der Waals surface area (Å²) < 4.78 is 0. The monoisotopic (exact) mass is 184 g/mol. The molecule has 1 heterocycles. The van der Waals surface area contributed by atoms with E-state index in [0.29, 0.717) is 11.8 Å². The molecule has 0 radical (unpaired) electrons. The minimum Gasteiger partial charge on any atom is -0.282 e. The van der Waals surface area contributed by atoms with E-state index in [1.807, 2.05) is 6.92 Å². The lowest BCUT2D eigenvalue weighted by atomic mass is 9.81. The Morgan fingerprint density at radius 1 is 1.58 bits per heavy atom. The molecule has 1 aromatic heterocycles. The third kappa shape index (κ3) is 1.14. The lowest BCUT2D eigenvalue weighted by Gasteiger charge is -2.24. The summed E-state index contributed by atoms with van der Waals surface area (Å²) in [4.78, 5) is 0. The maximum Gasteiger partial charge on any atom is 0.0699 e. The van der Waals surface area contributed by atoms with Crippen molar-refractivity contribution >= 4 is 11.6 Å². The van der Waals surface area contributed by atoms with Crippen molar-refractivity contribution in [3.8, 4) is 0 Å². The highest BCUT2D eigenvalue weighted by Gasteiger charge is 2.25. The van der Waals surface area contributed by atoms with Crippen LogP contribution in [0.2, 0.25) is 0 Å². The van der Waals surface area contributed by atoms with Crippen molar-refractivity contribution in [3.63, 3.8) is 0 Å². The molecule has 1 saturated carbocycles. The first-order valence-electron chi connectivity index (χ1n) is 4.42. The fourth-order valence-corrected chi connectivity index (χ4v) is 2.00. The van der Waals surface area contributed by atoms with E-state index in [1.165, 1.54) is 30.5 Å². The minimum absolute atomic E-state index is 0.591. The number of alkyl halides is 1. The van der Waals surface area contributed by atoms with Crippen LogP contribution in [0.25, 0.3) is 0 Å². The zero-order valence-electron chi connectivity index (χ0n) is 7.23. The van der Waals surface area contributed by atoms with E-state index in [1.54, 1.807) is 0 Å². The maximum absolute atomic E-state index is 5.84. The summed E-state index contributed by atoms with van der Waals surface area (Å²) in [5, 5.41) is 7.30. The molecule has 1 fully saturated rings. The van der Waals surface area contributed by atoms with Gasteiger partial charge in [-0.15, -0.1) is 11.6 Å². The first-order chi connectivity index (χ1) is 5.83. The van der Waals surface area contributed by atoms with Crippen LogP contribution < -0.4 is 0 Å². The van der Waals surface area contributed by atoms with E-state index in [-0.39, 0.29) is 0 Å². The third-order valence-corrected chi connectivity index (χ3v) is 3.00. The Hall–Kier alpha value is -0.500. The van der Waals surface area contributed by atoms with Gasteiger partial charge in [-0.2, -0.15) is 5.10 Å². The highest BCUT2D eigenvalue weighted by molar-refractivity contribution is 6.17. The summed E-state index contributed by atoms with van der Waals surface area (Å²) >= 11 is 5.84. The largest absolute Gasteiger partial charge is 0.282 e. The van der Waals surface area contributed by atoms with Crippen LogP contribution in [-0.4, -0.2) is 10.2 Å². The molecule has 1 aromatic rings. The predicted molar refractivity (Wildman–Crippen MR) is 49.5 cm³/mol. The third-order valence-electron chi connectivity index (χ3n) is 2.73. The van der Waals surface area contributed by atoms with Gasteiger partial charge in [0.15, 0.2) is 0 Å². The first kappa shape index (κ1) is 8.11. The summed E-state index contributed by atoms with van der Waals surface area (Å²) in [6.45, 7) is 2.03. The van der Waals surface area contributed by atoms with Gasteiger partial charge in [-0.3, -0.25) is 5.10 Å². The second kappa shape index (κ2) is 3.09. The summed E-state index contributed by atoms with van der Waals surface area (Å²) in [5.74, 6) is 1.28. The van der Waals surface area contributed by atoms with E-state index in [4.69, 9.17) is 11.6 Å². The minimum atomic E-state index is 0.591. The van der Waals surface area contributed by atoms with Gasteiger partial charge in [0.1, 0.15) is 0 Å². The molecule has 0 aromatic carbocycles. The Morgan fingerprint density at radius 3 is 2.83 bits per heavy atom. The summed E-state index contributed by atoms with van der Waals surface area (Å²) in [6.07, 6.45) is 3.92. The van der Waals surface area contributed by atoms with E-state index in [2.05, 4.69) is 10.2 Å². The number of H-pyrrole nitrogens is 1. The molecule has 0 atom stereocenters. The molecule has 0 bridgehead atoms. The Balaban J connectivity index is 2.29. The predicted octanol–water partition coefficient (Wildman–Crippen LogP) is 2.72. The molecule has 0 unspecified atom stereocenters. The average molecular weight is 185 g/mol. The van der Waals surface area contributed by atoms with Gasteiger partial charge in [-0.25, -0.2) is 0 Å². The number of aromatic nitrogens is 2. The molecule has 2 rings (SSSR count). The van der Waals surface area contributed by atoms with Gasteiger partial charge in [-0.05, 0) is 19.8 Å². The molecule has 0 saturated heterocycles. The molecular formula is C9H13ClN2. The molecular weight excluding hydrogens is 172 g/mol. The summed E-state index contributed by atoms with van der Waals surface area (Å²) in [7, 11) is 0. The van der Waals surface area contributed by atoms with E-state index >= 15 is 0 Å². The van der Waals surface area contributed by atoms with Crippen molar-refractivity contribution in [1.29, 1.82) is 0 Å². The molecule has 1 N–H and O–H groups in total. The van der Waals surface area contributed by atoms with Crippen molar-refractivity contribution in [2.45, 2.75) is 38.0 Å². The number of halogens is 1. The standard InChI is InChI=1S/C9H13ClN2/c1-6-8(5-10)9(12-11-6)7-3-2-4-7/h7H,2-5H2,1H3,(H,11,12). The van der Waals surface area contributed by atoms with Crippen LogP contribution in [0.15, 0.2) is 0 Å². The first-order valence-corrected chi connectivity index (χ1v) is 4.96. The lowest BCUT2D eigenvalue weighted by Crippen LogP contribution is -2.10. The van der Waals surface area contributed by atoms with Crippen molar-refractivity contribution < 1.29 is 0 Å². The summed E-state index contributed by atoms with van der Waals surface area (Å²) in [5.41, 5.74) is 3.57. The topological polar surface area (TPSA) is 28.7 Å². The molecule has 2 nitrogen and oxygen atoms in total. The molecule has 1 aliphatic carbocycles. The van der Waals surface area contributed by atoms with Crippen LogP contribution in [0, 0.1) is 6.92 Å². The molecule has 12 heavy (non-hydrogen) atoms. The Bertz CT molecular complexity index is 276. The van der Waals surface area contributed by atoms with Crippen LogP contribution in [0.1, 0.15) is 42.1 Å². The lowest BCUT2D eigenvalue weighted by molar-refractivity contribution is 0.409. The smallest absolute Gasteiger partial charge is 0.0699 e. The number of nitrogens with one attached hydrogen (secondary N) is 1. The second-order valence-electron chi connectivity index (χ2n) is 3.47. The Kier molecular flexibility index (Phi) is 2.09. The fourth-order valence-electron chi connectivity index (χ4n) is 1.66. The van der Waals surface area contributed by atoms with Gasteiger partial charge < -0.3 is 0 Å². The normalized spacial score (nSPS) is 17.8. The average Bonchev–Trinajstić information content (AvgIpc) is 2.29. The van der Waals surface area contributed by atoms with Crippen LogP contribution in [-0.2, 0) is 5.88 Å². The number of nitrogens with zero attached hydrogens (tertiary/aromatic N) is 1. The van der Waals surface area contributed by atoms with E-state index in [0.717, 1.165) is 5.69 Å². The Morgan fingerprint density at radius 2 is 2.33 bits per heavy atom. The molecule has 66 valence electrons. The number of hydrogen-bond donors (Lipinski definition) is 1. The highest BCUT2D eigenvalue weighted by Crippen LogP contribution is 2.37. The van der Waals surface area contributed by atoms with Crippen molar-refractivity contribution in [3.05, 3.63) is 17.0 Å². The number of aryl methyl sites for hydroxylation is 1. The van der Waals surface area contributed by atoms with Gasteiger partial charge in [0, 0.05) is 17.2 Å². The van der Waals surface area contributed by atoms with Gasteiger partial charge in [0.05, 0.1) is 11.6 Å². The molecule has 0 spiro atoms. The SMILES string of the molecule is Cc1[nH]nc(C2CCC2)c1CCl. The van der Waals surface area contributed by atoms with Gasteiger partial charge in [0.25, 0.3) is 0 Å². The van der Waals surface area contributed by atoms with Crippen molar-refractivity contribution in [2.75, 3.05) is 0 Å². The second-order valence-corrected chi connectivity index (χ2v) is 3.74. The number of aromatic amines is 1. The number of rotatable bonds is 2.